The number of ketones is 1. The van der Waals surface area contributed by atoms with Gasteiger partial charge in [-0.3, -0.25) is 9.69 Å². The Hall–Kier alpha value is -1.71. The quantitative estimate of drug-likeness (QED) is 0.799. The predicted molar refractivity (Wildman–Crippen MR) is 91.1 cm³/mol. The summed E-state index contributed by atoms with van der Waals surface area (Å²) in [5.74, 6) is 0.0725. The molecule has 0 N–H and O–H groups in total. The average molecular weight is 332 g/mol. The Kier molecular flexibility index (Phi) is 4.79. The molecule has 2 nitrogen and oxygen atoms in total. The van der Waals surface area contributed by atoms with Gasteiger partial charge in [-0.2, -0.15) is 0 Å². The van der Waals surface area contributed by atoms with E-state index in [1.54, 1.807) is 6.07 Å². The number of piperidine rings is 1. The van der Waals surface area contributed by atoms with Gasteiger partial charge in [0.05, 0.1) is 0 Å². The zero-order valence-corrected chi connectivity index (χ0v) is 13.8. The van der Waals surface area contributed by atoms with Crippen LogP contribution < -0.4 is 0 Å². The Morgan fingerprint density at radius 1 is 1.09 bits per heavy atom. The van der Waals surface area contributed by atoms with Crippen molar-refractivity contribution in [2.45, 2.75) is 25.8 Å². The normalized spacial score (nSPS) is 17.3. The fraction of sp³-hybridized carbons (Fsp3) is 0.316. The first-order valence-electron chi connectivity index (χ1n) is 7.86. The van der Waals surface area contributed by atoms with Crippen molar-refractivity contribution in [2.75, 3.05) is 13.1 Å². The standard InChI is InChI=1S/C19H19ClFNO/c1-13(22-10-8-17(23)9-11-22)19-12-16(21)6-7-18(19)14-2-4-15(20)5-3-14/h2-7,12-13H,8-11H2,1H3/t13-/m1/s1. The summed E-state index contributed by atoms with van der Waals surface area (Å²) < 4.78 is 13.8. The molecule has 1 aliphatic rings. The highest BCUT2D eigenvalue weighted by Gasteiger charge is 2.24. The molecule has 1 heterocycles. The number of nitrogens with zero attached hydrogens (tertiary/aromatic N) is 1. The minimum atomic E-state index is -0.238. The molecule has 1 aliphatic heterocycles. The monoisotopic (exact) mass is 331 g/mol. The molecule has 120 valence electrons. The Balaban J connectivity index is 1.95. The Morgan fingerprint density at radius 3 is 2.39 bits per heavy atom. The highest BCUT2D eigenvalue weighted by atomic mass is 35.5. The predicted octanol–water partition coefficient (Wildman–Crippen LogP) is 4.87. The van der Waals surface area contributed by atoms with Gasteiger partial charge in [0.25, 0.3) is 0 Å². The number of hydrogen-bond acceptors (Lipinski definition) is 2. The number of halogens is 2. The number of likely N-dealkylation sites (tertiary alicyclic amines) is 1. The van der Waals surface area contributed by atoms with Crippen molar-refractivity contribution in [1.29, 1.82) is 0 Å². The first-order valence-corrected chi connectivity index (χ1v) is 8.23. The van der Waals surface area contributed by atoms with Crippen LogP contribution in [-0.4, -0.2) is 23.8 Å². The van der Waals surface area contributed by atoms with Crippen molar-refractivity contribution < 1.29 is 9.18 Å². The van der Waals surface area contributed by atoms with Crippen LogP contribution in [0.25, 0.3) is 11.1 Å². The number of carbonyl (C=O) groups excluding carboxylic acids is 1. The van der Waals surface area contributed by atoms with E-state index in [2.05, 4.69) is 11.8 Å². The zero-order valence-electron chi connectivity index (χ0n) is 13.1. The molecule has 1 fully saturated rings. The highest BCUT2D eigenvalue weighted by Crippen LogP contribution is 2.33. The van der Waals surface area contributed by atoms with Crippen LogP contribution in [0, 0.1) is 5.82 Å². The maximum absolute atomic E-state index is 13.8. The molecule has 2 aromatic carbocycles. The molecule has 1 saturated heterocycles. The highest BCUT2D eigenvalue weighted by molar-refractivity contribution is 6.30. The van der Waals surface area contributed by atoms with Gasteiger partial charge in [-0.05, 0) is 47.9 Å². The first-order chi connectivity index (χ1) is 11.0. The Labute approximate surface area is 140 Å². The number of carbonyl (C=O) groups is 1. The first kappa shape index (κ1) is 16.2. The van der Waals surface area contributed by atoms with Crippen LogP contribution in [0.1, 0.15) is 31.4 Å². The van der Waals surface area contributed by atoms with Gasteiger partial charge in [0, 0.05) is 37.0 Å². The SMILES string of the molecule is C[C@H](c1cc(F)ccc1-c1ccc(Cl)cc1)N1CCC(=O)CC1. The van der Waals surface area contributed by atoms with Gasteiger partial charge in [0.2, 0.25) is 0 Å². The van der Waals surface area contributed by atoms with E-state index in [0.29, 0.717) is 23.6 Å². The average Bonchev–Trinajstić information content (AvgIpc) is 2.56. The van der Waals surface area contributed by atoms with E-state index in [9.17, 15) is 9.18 Å². The summed E-state index contributed by atoms with van der Waals surface area (Å²) >= 11 is 5.96. The second kappa shape index (κ2) is 6.81. The van der Waals surface area contributed by atoms with Crippen LogP contribution in [0.4, 0.5) is 4.39 Å². The fourth-order valence-electron chi connectivity index (χ4n) is 3.13. The second-order valence-electron chi connectivity index (χ2n) is 5.99. The van der Waals surface area contributed by atoms with Crippen molar-refractivity contribution in [3.05, 3.63) is 58.9 Å². The summed E-state index contributed by atoms with van der Waals surface area (Å²) in [5, 5.41) is 0.681. The molecule has 0 aromatic heterocycles. The van der Waals surface area contributed by atoms with Crippen molar-refractivity contribution in [1.82, 2.24) is 4.90 Å². The summed E-state index contributed by atoms with van der Waals surface area (Å²) in [6, 6.07) is 12.5. The van der Waals surface area contributed by atoms with Crippen LogP contribution >= 0.6 is 11.6 Å². The van der Waals surface area contributed by atoms with Crippen LogP contribution in [0.3, 0.4) is 0 Å². The number of Topliss-reactive ketones (excluding diaryl/α,β-unsaturated/α-hetero) is 1. The molecule has 0 unspecified atom stereocenters. The molecule has 4 heteroatoms. The van der Waals surface area contributed by atoms with E-state index < -0.39 is 0 Å². The molecular formula is C19H19ClFNO. The summed E-state index contributed by atoms with van der Waals surface area (Å²) in [4.78, 5) is 13.7. The lowest BCUT2D eigenvalue weighted by Gasteiger charge is -2.33. The van der Waals surface area contributed by atoms with E-state index in [1.807, 2.05) is 30.3 Å². The third-order valence-corrected chi connectivity index (χ3v) is 4.77. The van der Waals surface area contributed by atoms with Gasteiger partial charge in [-0.25, -0.2) is 4.39 Å². The van der Waals surface area contributed by atoms with Gasteiger partial charge in [-0.1, -0.05) is 29.8 Å². The van der Waals surface area contributed by atoms with E-state index in [0.717, 1.165) is 29.8 Å². The third kappa shape index (κ3) is 3.62. The lowest BCUT2D eigenvalue weighted by atomic mass is 9.93. The van der Waals surface area contributed by atoms with Crippen molar-refractivity contribution in [3.8, 4) is 11.1 Å². The summed E-state index contributed by atoms with van der Waals surface area (Å²) in [5.41, 5.74) is 2.97. The molecule has 3 rings (SSSR count). The lowest BCUT2D eigenvalue weighted by molar-refractivity contribution is -0.121. The van der Waals surface area contributed by atoms with Gasteiger partial charge in [0.15, 0.2) is 0 Å². The third-order valence-electron chi connectivity index (χ3n) is 4.52. The summed E-state index contributed by atoms with van der Waals surface area (Å²) in [7, 11) is 0. The largest absolute Gasteiger partial charge is 0.300 e. The summed E-state index contributed by atoms with van der Waals surface area (Å²) in [6.07, 6.45) is 1.16. The van der Waals surface area contributed by atoms with Crippen LogP contribution in [0.15, 0.2) is 42.5 Å². The molecule has 0 bridgehead atoms. The van der Waals surface area contributed by atoms with E-state index in [1.165, 1.54) is 6.07 Å². The number of rotatable bonds is 3. The molecule has 23 heavy (non-hydrogen) atoms. The maximum Gasteiger partial charge on any atom is 0.135 e. The van der Waals surface area contributed by atoms with Gasteiger partial charge >= 0.3 is 0 Å². The van der Waals surface area contributed by atoms with Gasteiger partial charge in [-0.15, -0.1) is 0 Å². The molecular weight excluding hydrogens is 313 g/mol. The Morgan fingerprint density at radius 2 is 1.74 bits per heavy atom. The number of benzene rings is 2. The lowest BCUT2D eigenvalue weighted by Crippen LogP contribution is -2.36. The molecule has 1 atom stereocenters. The molecule has 0 radical (unpaired) electrons. The Bertz CT molecular complexity index is 704. The van der Waals surface area contributed by atoms with Crippen LogP contribution in [0.5, 0.6) is 0 Å². The maximum atomic E-state index is 13.8. The summed E-state index contributed by atoms with van der Waals surface area (Å²) in [6.45, 7) is 3.54. The topological polar surface area (TPSA) is 20.3 Å². The molecule has 0 amide bonds. The fourth-order valence-corrected chi connectivity index (χ4v) is 3.25. The second-order valence-corrected chi connectivity index (χ2v) is 6.43. The molecule has 0 aliphatic carbocycles. The van der Waals surface area contributed by atoms with E-state index in [-0.39, 0.29) is 11.9 Å². The zero-order chi connectivity index (χ0) is 16.4. The van der Waals surface area contributed by atoms with Gasteiger partial charge < -0.3 is 0 Å². The minimum Gasteiger partial charge on any atom is -0.300 e. The van der Waals surface area contributed by atoms with Crippen molar-refractivity contribution >= 4 is 17.4 Å². The van der Waals surface area contributed by atoms with Crippen molar-refractivity contribution in [2.24, 2.45) is 0 Å². The van der Waals surface area contributed by atoms with E-state index >= 15 is 0 Å². The number of hydrogen-bond donors (Lipinski definition) is 0. The minimum absolute atomic E-state index is 0.0597. The van der Waals surface area contributed by atoms with Crippen LogP contribution in [-0.2, 0) is 4.79 Å². The molecule has 0 saturated carbocycles. The van der Waals surface area contributed by atoms with Gasteiger partial charge in [0.1, 0.15) is 11.6 Å². The van der Waals surface area contributed by atoms with E-state index in [4.69, 9.17) is 11.6 Å². The van der Waals surface area contributed by atoms with Crippen molar-refractivity contribution in [3.63, 3.8) is 0 Å². The molecule has 2 aromatic rings. The molecule has 0 spiro atoms. The van der Waals surface area contributed by atoms with Crippen LogP contribution in [0.2, 0.25) is 5.02 Å². The smallest absolute Gasteiger partial charge is 0.135 e.